The van der Waals surface area contributed by atoms with Gasteiger partial charge in [-0.05, 0) is 37.0 Å². The minimum atomic E-state index is -0.313. The van der Waals surface area contributed by atoms with Crippen LogP contribution in [0.3, 0.4) is 0 Å². The number of fused-ring (bicyclic) bond motifs is 1. The molecule has 0 saturated carbocycles. The van der Waals surface area contributed by atoms with Gasteiger partial charge in [0.1, 0.15) is 0 Å². The molecule has 0 spiro atoms. The van der Waals surface area contributed by atoms with E-state index in [0.29, 0.717) is 0 Å². The van der Waals surface area contributed by atoms with E-state index in [1.54, 1.807) is 11.3 Å². The Morgan fingerprint density at radius 3 is 3.00 bits per heavy atom. The second kappa shape index (κ2) is 5.30. The lowest BCUT2D eigenvalue weighted by Crippen LogP contribution is -2.35. The normalized spacial score (nSPS) is 29.3. The molecule has 0 bridgehead atoms. The summed E-state index contributed by atoms with van der Waals surface area (Å²) >= 11 is 1.73. The van der Waals surface area contributed by atoms with Gasteiger partial charge in [-0.15, -0.1) is 0 Å². The summed E-state index contributed by atoms with van der Waals surface area (Å²) in [5.74, 6) is 0.811. The number of nitrogens with zero attached hydrogens (tertiary/aromatic N) is 2. The molecule has 0 aromatic carbocycles. The van der Waals surface area contributed by atoms with Crippen molar-refractivity contribution >= 4 is 16.5 Å². The molecule has 1 aliphatic heterocycles. The van der Waals surface area contributed by atoms with Gasteiger partial charge >= 0.3 is 0 Å². The summed E-state index contributed by atoms with van der Waals surface area (Å²) in [5.41, 5.74) is 1.32. The van der Waals surface area contributed by atoms with Crippen LogP contribution in [0, 0.1) is 11.3 Å². The smallest absolute Gasteiger partial charge is 0.185 e. The predicted octanol–water partition coefficient (Wildman–Crippen LogP) is 3.78. The second-order valence-electron chi connectivity index (χ2n) is 7.23. The summed E-state index contributed by atoms with van der Waals surface area (Å²) < 4.78 is 0. The van der Waals surface area contributed by atoms with Gasteiger partial charge in [-0.1, -0.05) is 38.5 Å². The average molecular weight is 294 g/mol. The number of aliphatic hydroxyl groups is 1. The molecule has 2 unspecified atom stereocenters. The minimum absolute atomic E-state index is 0.172. The minimum Gasteiger partial charge on any atom is -0.387 e. The van der Waals surface area contributed by atoms with Crippen molar-refractivity contribution in [1.82, 2.24) is 4.98 Å². The Labute approximate surface area is 126 Å². The van der Waals surface area contributed by atoms with E-state index in [4.69, 9.17) is 4.98 Å². The molecule has 0 radical (unpaired) electrons. The zero-order valence-electron chi connectivity index (χ0n) is 12.9. The van der Waals surface area contributed by atoms with Crippen LogP contribution in [-0.4, -0.2) is 23.2 Å². The SMILES string of the molecule is CCC1CCCN(c2nc3c(s2)C(O)CC(C)(C)C3)C1. The first-order chi connectivity index (χ1) is 9.48. The zero-order chi connectivity index (χ0) is 14.3. The maximum absolute atomic E-state index is 10.4. The molecule has 0 amide bonds. The molecule has 1 fully saturated rings. The summed E-state index contributed by atoms with van der Waals surface area (Å²) in [4.78, 5) is 8.44. The van der Waals surface area contributed by atoms with E-state index in [1.165, 1.54) is 19.3 Å². The Balaban J connectivity index is 1.83. The Morgan fingerprint density at radius 1 is 1.45 bits per heavy atom. The quantitative estimate of drug-likeness (QED) is 0.902. The highest BCUT2D eigenvalue weighted by atomic mass is 32.1. The van der Waals surface area contributed by atoms with E-state index in [-0.39, 0.29) is 11.5 Å². The molecule has 3 rings (SSSR count). The highest BCUT2D eigenvalue weighted by Gasteiger charge is 2.35. The van der Waals surface area contributed by atoms with Crippen LogP contribution in [0.5, 0.6) is 0 Å². The number of anilines is 1. The van der Waals surface area contributed by atoms with Crippen LogP contribution in [0.15, 0.2) is 0 Å². The molecule has 1 aliphatic carbocycles. The van der Waals surface area contributed by atoms with Crippen molar-refractivity contribution in [2.75, 3.05) is 18.0 Å². The molecule has 1 saturated heterocycles. The fourth-order valence-corrected chi connectivity index (χ4v) is 4.69. The lowest BCUT2D eigenvalue weighted by molar-refractivity contribution is 0.102. The average Bonchev–Trinajstić information content (AvgIpc) is 2.81. The number of rotatable bonds is 2. The van der Waals surface area contributed by atoms with Gasteiger partial charge in [0.05, 0.1) is 16.7 Å². The highest BCUT2D eigenvalue weighted by molar-refractivity contribution is 7.15. The van der Waals surface area contributed by atoms with E-state index in [2.05, 4.69) is 25.7 Å². The van der Waals surface area contributed by atoms with E-state index >= 15 is 0 Å². The van der Waals surface area contributed by atoms with Crippen LogP contribution >= 0.6 is 11.3 Å². The second-order valence-corrected chi connectivity index (χ2v) is 8.24. The number of thiazole rings is 1. The van der Waals surface area contributed by atoms with Gasteiger partial charge in [0.2, 0.25) is 0 Å². The van der Waals surface area contributed by atoms with Crippen molar-refractivity contribution in [3.8, 4) is 0 Å². The summed E-state index contributed by atoms with van der Waals surface area (Å²) in [7, 11) is 0. The van der Waals surface area contributed by atoms with Crippen LogP contribution < -0.4 is 4.90 Å². The molecule has 2 aliphatic rings. The van der Waals surface area contributed by atoms with Gasteiger partial charge in [-0.3, -0.25) is 0 Å². The molecule has 1 aromatic heterocycles. The Bertz CT molecular complexity index is 483. The Hall–Kier alpha value is -0.610. The molecule has 2 heterocycles. The molecule has 112 valence electrons. The maximum atomic E-state index is 10.4. The first-order valence-electron chi connectivity index (χ1n) is 7.91. The van der Waals surface area contributed by atoms with Crippen LogP contribution in [0.4, 0.5) is 5.13 Å². The molecular weight excluding hydrogens is 268 g/mol. The number of aliphatic hydroxyl groups excluding tert-OH is 1. The zero-order valence-corrected chi connectivity index (χ0v) is 13.7. The van der Waals surface area contributed by atoms with Crippen molar-refractivity contribution in [3.05, 3.63) is 10.6 Å². The molecule has 1 aromatic rings. The third-order valence-corrected chi connectivity index (χ3v) is 6.04. The molecule has 4 heteroatoms. The van der Waals surface area contributed by atoms with Crippen molar-refractivity contribution < 1.29 is 5.11 Å². The standard InChI is InChI=1S/C16H26N2OS/c1-4-11-6-5-7-18(10-11)15-17-12-8-16(2,3)9-13(19)14(12)20-15/h11,13,19H,4-10H2,1-3H3. The lowest BCUT2D eigenvalue weighted by atomic mass is 9.77. The Morgan fingerprint density at radius 2 is 2.25 bits per heavy atom. The van der Waals surface area contributed by atoms with Crippen molar-refractivity contribution in [2.24, 2.45) is 11.3 Å². The number of aromatic nitrogens is 1. The third kappa shape index (κ3) is 2.73. The summed E-state index contributed by atoms with van der Waals surface area (Å²) in [5, 5.41) is 11.5. The number of hydrogen-bond donors (Lipinski definition) is 1. The van der Waals surface area contributed by atoms with Crippen LogP contribution in [0.1, 0.15) is 63.1 Å². The molecule has 1 N–H and O–H groups in total. The summed E-state index contributed by atoms with van der Waals surface area (Å²) in [6, 6.07) is 0. The molecule has 20 heavy (non-hydrogen) atoms. The fourth-order valence-electron chi connectivity index (χ4n) is 3.59. The number of hydrogen-bond acceptors (Lipinski definition) is 4. The van der Waals surface area contributed by atoms with Gasteiger partial charge in [-0.25, -0.2) is 4.98 Å². The highest BCUT2D eigenvalue weighted by Crippen LogP contribution is 2.45. The van der Waals surface area contributed by atoms with Gasteiger partial charge < -0.3 is 10.0 Å². The topological polar surface area (TPSA) is 36.4 Å². The van der Waals surface area contributed by atoms with Gasteiger partial charge in [-0.2, -0.15) is 0 Å². The van der Waals surface area contributed by atoms with Gasteiger partial charge in [0, 0.05) is 13.1 Å². The largest absolute Gasteiger partial charge is 0.387 e. The van der Waals surface area contributed by atoms with Gasteiger partial charge in [0.15, 0.2) is 5.13 Å². The Kier molecular flexibility index (Phi) is 3.80. The monoisotopic (exact) mass is 294 g/mol. The first-order valence-corrected chi connectivity index (χ1v) is 8.73. The maximum Gasteiger partial charge on any atom is 0.185 e. The van der Waals surface area contributed by atoms with E-state index in [9.17, 15) is 5.11 Å². The van der Waals surface area contributed by atoms with Crippen molar-refractivity contribution in [1.29, 1.82) is 0 Å². The third-order valence-electron chi connectivity index (χ3n) is 4.78. The molecule has 2 atom stereocenters. The van der Waals surface area contributed by atoms with Crippen molar-refractivity contribution in [3.63, 3.8) is 0 Å². The fraction of sp³-hybridized carbons (Fsp3) is 0.812. The lowest BCUT2D eigenvalue weighted by Gasteiger charge is -2.32. The van der Waals surface area contributed by atoms with Crippen molar-refractivity contribution in [2.45, 2.75) is 59.0 Å². The van der Waals surface area contributed by atoms with E-state index < -0.39 is 0 Å². The van der Waals surface area contributed by atoms with Crippen LogP contribution in [-0.2, 0) is 6.42 Å². The first kappa shape index (κ1) is 14.3. The predicted molar refractivity (Wildman–Crippen MR) is 84.4 cm³/mol. The summed E-state index contributed by atoms with van der Waals surface area (Å²) in [6.07, 6.45) is 5.44. The molecular formula is C16H26N2OS. The van der Waals surface area contributed by atoms with Crippen LogP contribution in [0.25, 0.3) is 0 Å². The van der Waals surface area contributed by atoms with Crippen LogP contribution in [0.2, 0.25) is 0 Å². The number of piperidine rings is 1. The molecule has 3 nitrogen and oxygen atoms in total. The van der Waals surface area contributed by atoms with Gasteiger partial charge in [0.25, 0.3) is 0 Å². The summed E-state index contributed by atoms with van der Waals surface area (Å²) in [6.45, 7) is 9.01. The van der Waals surface area contributed by atoms with E-state index in [0.717, 1.165) is 47.6 Å². The van der Waals surface area contributed by atoms with E-state index in [1.807, 2.05) is 0 Å².